The summed E-state index contributed by atoms with van der Waals surface area (Å²) in [7, 11) is 0. The van der Waals surface area contributed by atoms with Gasteiger partial charge < -0.3 is 4.74 Å². The van der Waals surface area contributed by atoms with E-state index in [1.165, 1.54) is 11.3 Å². The standard InChI is InChI=1S/C23H13Cl3N2OS/c24-17-7-5-14(6-8-17)13-29-22-18(25)10-15(11-19(22)26)9-16(12-27)23-28-20-3-1-2-4-21(20)30-23/h1-11H,13H2/b16-9+. The molecule has 0 aliphatic rings. The molecule has 1 heterocycles. The first kappa shape index (κ1) is 20.7. The molecule has 0 unspecified atom stereocenters. The molecule has 0 bridgehead atoms. The zero-order valence-electron chi connectivity index (χ0n) is 15.4. The minimum absolute atomic E-state index is 0.306. The number of ether oxygens (including phenoxy) is 1. The summed E-state index contributed by atoms with van der Waals surface area (Å²) in [4.78, 5) is 4.54. The van der Waals surface area contributed by atoms with Gasteiger partial charge in [0.2, 0.25) is 0 Å². The molecule has 0 fully saturated rings. The minimum atomic E-state index is 0.306. The van der Waals surface area contributed by atoms with E-state index in [0.29, 0.717) is 43.6 Å². The van der Waals surface area contributed by atoms with E-state index >= 15 is 0 Å². The van der Waals surface area contributed by atoms with Crippen LogP contribution in [0.25, 0.3) is 21.9 Å². The second-order valence-corrected chi connectivity index (χ2v) is 8.67. The van der Waals surface area contributed by atoms with Crippen LogP contribution in [0.15, 0.2) is 60.7 Å². The highest BCUT2D eigenvalue weighted by Crippen LogP contribution is 2.36. The van der Waals surface area contributed by atoms with E-state index in [0.717, 1.165) is 15.8 Å². The maximum absolute atomic E-state index is 9.64. The molecule has 4 rings (SSSR count). The zero-order valence-corrected chi connectivity index (χ0v) is 18.5. The lowest BCUT2D eigenvalue weighted by Crippen LogP contribution is -1.97. The number of nitrogens with zero attached hydrogens (tertiary/aromatic N) is 2. The Hall–Kier alpha value is -2.55. The van der Waals surface area contributed by atoms with Gasteiger partial charge in [-0.3, -0.25) is 0 Å². The monoisotopic (exact) mass is 470 g/mol. The van der Waals surface area contributed by atoms with Gasteiger partial charge in [-0.1, -0.05) is 59.1 Å². The minimum Gasteiger partial charge on any atom is -0.486 e. The summed E-state index contributed by atoms with van der Waals surface area (Å²) in [6, 6.07) is 20.8. The lowest BCUT2D eigenvalue weighted by Gasteiger charge is -2.11. The van der Waals surface area contributed by atoms with Crippen LogP contribution < -0.4 is 4.74 Å². The van der Waals surface area contributed by atoms with Crippen molar-refractivity contribution in [3.05, 3.63) is 91.9 Å². The van der Waals surface area contributed by atoms with Crippen molar-refractivity contribution < 1.29 is 4.74 Å². The average molecular weight is 472 g/mol. The van der Waals surface area contributed by atoms with Gasteiger partial charge in [0.05, 0.1) is 25.8 Å². The molecule has 0 aliphatic carbocycles. The largest absolute Gasteiger partial charge is 0.486 e. The summed E-state index contributed by atoms with van der Waals surface area (Å²) in [6.07, 6.45) is 1.72. The number of nitriles is 1. The molecule has 7 heteroatoms. The molecule has 3 nitrogen and oxygen atoms in total. The van der Waals surface area contributed by atoms with E-state index in [9.17, 15) is 5.26 Å². The fraction of sp³-hybridized carbons (Fsp3) is 0.0435. The summed E-state index contributed by atoms with van der Waals surface area (Å²) >= 11 is 20.2. The van der Waals surface area contributed by atoms with Crippen LogP contribution in [0.2, 0.25) is 15.1 Å². The molecule has 3 aromatic carbocycles. The van der Waals surface area contributed by atoms with E-state index < -0.39 is 0 Å². The lowest BCUT2D eigenvalue weighted by molar-refractivity contribution is 0.306. The molecular formula is C23H13Cl3N2OS. The number of rotatable bonds is 5. The van der Waals surface area contributed by atoms with Crippen LogP contribution in [-0.2, 0) is 6.61 Å². The van der Waals surface area contributed by atoms with Gasteiger partial charge in [0.1, 0.15) is 17.7 Å². The number of hydrogen-bond donors (Lipinski definition) is 0. The first-order chi connectivity index (χ1) is 14.5. The van der Waals surface area contributed by atoms with Crippen LogP contribution >= 0.6 is 46.1 Å². The Morgan fingerprint density at radius 3 is 2.40 bits per heavy atom. The van der Waals surface area contributed by atoms with Crippen LogP contribution in [0.1, 0.15) is 16.1 Å². The van der Waals surface area contributed by atoms with E-state index in [1.807, 2.05) is 36.4 Å². The van der Waals surface area contributed by atoms with Crippen molar-refractivity contribution in [2.24, 2.45) is 0 Å². The van der Waals surface area contributed by atoms with Gasteiger partial charge in [-0.05, 0) is 53.6 Å². The van der Waals surface area contributed by atoms with Crippen molar-refractivity contribution in [2.45, 2.75) is 6.61 Å². The Labute approximate surface area is 192 Å². The zero-order chi connectivity index (χ0) is 21.1. The van der Waals surface area contributed by atoms with Gasteiger partial charge in [-0.15, -0.1) is 11.3 Å². The molecule has 0 saturated heterocycles. The van der Waals surface area contributed by atoms with Crippen molar-refractivity contribution in [1.82, 2.24) is 4.98 Å². The van der Waals surface area contributed by atoms with Crippen molar-refractivity contribution in [3.63, 3.8) is 0 Å². The quantitative estimate of drug-likeness (QED) is 0.278. The molecule has 1 aromatic heterocycles. The van der Waals surface area contributed by atoms with Gasteiger partial charge >= 0.3 is 0 Å². The van der Waals surface area contributed by atoms with E-state index in [2.05, 4.69) is 11.1 Å². The first-order valence-electron chi connectivity index (χ1n) is 8.87. The third kappa shape index (κ3) is 4.61. The van der Waals surface area contributed by atoms with E-state index in [4.69, 9.17) is 39.5 Å². The highest BCUT2D eigenvalue weighted by atomic mass is 35.5. The van der Waals surface area contributed by atoms with Gasteiger partial charge in [-0.2, -0.15) is 5.26 Å². The van der Waals surface area contributed by atoms with Crippen LogP contribution in [0.4, 0.5) is 0 Å². The smallest absolute Gasteiger partial charge is 0.157 e. The SMILES string of the molecule is N#C/C(=C\c1cc(Cl)c(OCc2ccc(Cl)cc2)c(Cl)c1)c1nc2ccccc2s1. The van der Waals surface area contributed by atoms with Crippen LogP contribution in [0.5, 0.6) is 5.75 Å². The van der Waals surface area contributed by atoms with Gasteiger partial charge in [0.25, 0.3) is 0 Å². The van der Waals surface area contributed by atoms with Crippen LogP contribution in [0.3, 0.4) is 0 Å². The number of allylic oxidation sites excluding steroid dienone is 1. The normalized spacial score (nSPS) is 11.5. The van der Waals surface area contributed by atoms with Crippen LogP contribution in [0, 0.1) is 11.3 Å². The topological polar surface area (TPSA) is 45.9 Å². The number of para-hydroxylation sites is 1. The molecule has 148 valence electrons. The summed E-state index contributed by atoms with van der Waals surface area (Å²) in [5, 5.41) is 11.7. The fourth-order valence-corrected chi connectivity index (χ4v) is 4.50. The number of benzene rings is 3. The third-order valence-electron chi connectivity index (χ3n) is 4.27. The molecule has 0 radical (unpaired) electrons. The Bertz CT molecular complexity index is 1230. The Morgan fingerprint density at radius 2 is 1.73 bits per heavy atom. The predicted molar refractivity (Wildman–Crippen MR) is 125 cm³/mol. The molecule has 0 spiro atoms. The molecule has 0 amide bonds. The predicted octanol–water partition coefficient (Wildman–Crippen LogP) is 7.90. The van der Waals surface area contributed by atoms with Crippen LogP contribution in [-0.4, -0.2) is 4.98 Å². The molecule has 0 atom stereocenters. The highest BCUT2D eigenvalue weighted by molar-refractivity contribution is 7.19. The summed E-state index contributed by atoms with van der Waals surface area (Å²) < 4.78 is 6.83. The highest BCUT2D eigenvalue weighted by Gasteiger charge is 2.12. The summed E-state index contributed by atoms with van der Waals surface area (Å²) in [5.41, 5.74) is 2.94. The second-order valence-electron chi connectivity index (χ2n) is 6.39. The number of fused-ring (bicyclic) bond motifs is 1. The average Bonchev–Trinajstić information content (AvgIpc) is 3.16. The number of thiazole rings is 1. The molecular weight excluding hydrogens is 459 g/mol. The molecule has 30 heavy (non-hydrogen) atoms. The molecule has 0 saturated carbocycles. The Balaban J connectivity index is 1.59. The van der Waals surface area contributed by atoms with E-state index in [-0.39, 0.29) is 0 Å². The fourth-order valence-electron chi connectivity index (χ4n) is 2.83. The van der Waals surface area contributed by atoms with Crippen molar-refractivity contribution in [2.75, 3.05) is 0 Å². The number of halogens is 3. The van der Waals surface area contributed by atoms with Crippen molar-refractivity contribution in [1.29, 1.82) is 5.26 Å². The Morgan fingerprint density at radius 1 is 1.03 bits per heavy atom. The van der Waals surface area contributed by atoms with E-state index in [1.54, 1.807) is 30.3 Å². The van der Waals surface area contributed by atoms with Crippen molar-refractivity contribution >= 4 is 68.0 Å². The lowest BCUT2D eigenvalue weighted by atomic mass is 10.1. The van der Waals surface area contributed by atoms with Crippen molar-refractivity contribution in [3.8, 4) is 11.8 Å². The maximum Gasteiger partial charge on any atom is 0.157 e. The second kappa shape index (κ2) is 9.07. The molecule has 0 aliphatic heterocycles. The van der Waals surface area contributed by atoms with Gasteiger partial charge in [-0.25, -0.2) is 4.98 Å². The third-order valence-corrected chi connectivity index (χ3v) is 6.16. The maximum atomic E-state index is 9.64. The summed E-state index contributed by atoms with van der Waals surface area (Å²) in [6.45, 7) is 0.306. The molecule has 0 N–H and O–H groups in total. The van der Waals surface area contributed by atoms with Gasteiger partial charge in [0.15, 0.2) is 5.75 Å². The molecule has 4 aromatic rings. The van der Waals surface area contributed by atoms with Gasteiger partial charge in [0, 0.05) is 5.02 Å². The summed E-state index contributed by atoms with van der Waals surface area (Å²) in [5.74, 6) is 0.393. The Kier molecular flexibility index (Phi) is 6.26. The number of hydrogen-bond acceptors (Lipinski definition) is 4. The first-order valence-corrected chi connectivity index (χ1v) is 10.8. The number of aromatic nitrogens is 1.